The van der Waals surface area contributed by atoms with Crippen LogP contribution in [0.5, 0.6) is 0 Å². The molecule has 0 nitrogen and oxygen atoms in total. The van der Waals surface area contributed by atoms with Gasteiger partial charge in [-0.05, 0) is 41.9 Å². The largest absolute Gasteiger partial charge is 0.0620 e. The Morgan fingerprint density at radius 1 is 0.636 bits per heavy atom. The van der Waals surface area contributed by atoms with E-state index in [1.54, 1.807) is 0 Å². The van der Waals surface area contributed by atoms with Gasteiger partial charge in [0.15, 0.2) is 0 Å². The van der Waals surface area contributed by atoms with Gasteiger partial charge in [0.1, 0.15) is 0 Å². The van der Waals surface area contributed by atoms with E-state index in [-0.39, 0.29) is 0 Å². The van der Waals surface area contributed by atoms with Crippen LogP contribution in [0.1, 0.15) is 34.1 Å². The second-order valence-electron chi connectivity index (χ2n) is 5.00. The van der Waals surface area contributed by atoms with Crippen LogP contribution in [0, 0.1) is 35.5 Å². The summed E-state index contributed by atoms with van der Waals surface area (Å²) >= 11 is 0. The van der Waals surface area contributed by atoms with Crippen molar-refractivity contribution in [1.29, 1.82) is 0 Å². The highest BCUT2D eigenvalue weighted by atomic mass is 14.6. The van der Waals surface area contributed by atoms with Crippen LogP contribution in [0.25, 0.3) is 0 Å². The molecule has 2 aliphatic carbocycles. The summed E-state index contributed by atoms with van der Waals surface area (Å²) in [7, 11) is 0. The Morgan fingerprint density at radius 2 is 0.909 bits per heavy atom. The first-order chi connectivity index (χ1) is 5.13. The highest BCUT2D eigenvalue weighted by molar-refractivity contribution is 4.99. The number of hydrogen-bond acceptors (Lipinski definition) is 0. The van der Waals surface area contributed by atoms with E-state index in [4.69, 9.17) is 0 Å². The highest BCUT2D eigenvalue weighted by Crippen LogP contribution is 2.57. The Morgan fingerprint density at radius 3 is 1.09 bits per heavy atom. The van der Waals surface area contributed by atoms with Crippen LogP contribution in [0.3, 0.4) is 0 Å². The molecular weight excluding hydrogens is 132 g/mol. The summed E-state index contributed by atoms with van der Waals surface area (Å²) in [6.07, 6.45) is 1.53. The third-order valence-corrected chi connectivity index (χ3v) is 4.90. The van der Waals surface area contributed by atoms with Crippen LogP contribution in [-0.2, 0) is 0 Å². The van der Waals surface area contributed by atoms with Gasteiger partial charge in [0.25, 0.3) is 0 Å². The third kappa shape index (κ3) is 0.816. The third-order valence-electron chi connectivity index (χ3n) is 4.90. The molecule has 2 fully saturated rings. The molecule has 0 saturated heterocycles. The maximum atomic E-state index is 2.46. The zero-order valence-corrected chi connectivity index (χ0v) is 8.17. The average Bonchev–Trinajstić information content (AvgIpc) is 2.40. The summed E-state index contributed by atoms with van der Waals surface area (Å²) in [6, 6.07) is 0. The predicted octanol–water partition coefficient (Wildman–Crippen LogP) is 3.18. The Balaban J connectivity index is 2.21. The first kappa shape index (κ1) is 7.64. The van der Waals surface area contributed by atoms with Crippen molar-refractivity contribution in [3.63, 3.8) is 0 Å². The average molecular weight is 152 g/mol. The minimum absolute atomic E-state index is 1.01. The van der Waals surface area contributed by atoms with Crippen molar-refractivity contribution in [3.05, 3.63) is 0 Å². The molecule has 2 rings (SSSR count). The van der Waals surface area contributed by atoms with Gasteiger partial charge in [-0.3, -0.25) is 0 Å². The van der Waals surface area contributed by atoms with E-state index < -0.39 is 0 Å². The summed E-state index contributed by atoms with van der Waals surface area (Å²) in [5, 5.41) is 0. The summed E-state index contributed by atoms with van der Waals surface area (Å²) < 4.78 is 0. The number of hydrogen-bond donors (Lipinski definition) is 0. The lowest BCUT2D eigenvalue weighted by Gasteiger charge is -2.34. The van der Waals surface area contributed by atoms with Crippen molar-refractivity contribution in [3.8, 4) is 0 Å². The fraction of sp³-hybridized carbons (Fsp3) is 1.00. The number of rotatable bonds is 0. The van der Waals surface area contributed by atoms with E-state index in [9.17, 15) is 0 Å². The van der Waals surface area contributed by atoms with Crippen LogP contribution < -0.4 is 0 Å². The minimum Gasteiger partial charge on any atom is -0.0620 e. The predicted molar refractivity (Wildman–Crippen MR) is 48.3 cm³/mol. The lowest BCUT2D eigenvalue weighted by molar-refractivity contribution is 0.140. The second kappa shape index (κ2) is 2.24. The Kier molecular flexibility index (Phi) is 1.56. The summed E-state index contributed by atoms with van der Waals surface area (Å²) in [6.45, 7) is 9.82. The quantitative estimate of drug-likeness (QED) is 0.500. The van der Waals surface area contributed by atoms with Gasteiger partial charge in [-0.25, -0.2) is 0 Å². The molecule has 0 aromatic carbocycles. The topological polar surface area (TPSA) is 0 Å². The van der Waals surface area contributed by atoms with Gasteiger partial charge >= 0.3 is 0 Å². The van der Waals surface area contributed by atoms with Gasteiger partial charge in [0.2, 0.25) is 0 Å². The van der Waals surface area contributed by atoms with Gasteiger partial charge in [0.05, 0.1) is 0 Å². The van der Waals surface area contributed by atoms with Crippen molar-refractivity contribution in [2.45, 2.75) is 34.1 Å². The summed E-state index contributed by atoms with van der Waals surface area (Å²) in [5.74, 6) is 6.14. The van der Waals surface area contributed by atoms with Crippen molar-refractivity contribution < 1.29 is 0 Å². The molecule has 0 aliphatic heterocycles. The fourth-order valence-corrected chi connectivity index (χ4v) is 3.69. The molecule has 0 N–H and O–H groups in total. The SMILES string of the molecule is CC1C(C)C2CC1C(C)C2C. The normalized spacial score (nSPS) is 62.2. The van der Waals surface area contributed by atoms with Gasteiger partial charge in [0, 0.05) is 0 Å². The summed E-state index contributed by atoms with van der Waals surface area (Å²) in [4.78, 5) is 0. The molecule has 0 heterocycles. The van der Waals surface area contributed by atoms with Crippen LogP contribution in [-0.4, -0.2) is 0 Å². The van der Waals surface area contributed by atoms with Gasteiger partial charge in [-0.2, -0.15) is 0 Å². The molecule has 11 heavy (non-hydrogen) atoms. The molecule has 0 amide bonds. The van der Waals surface area contributed by atoms with Crippen LogP contribution >= 0.6 is 0 Å². The van der Waals surface area contributed by atoms with Crippen molar-refractivity contribution in [1.82, 2.24) is 0 Å². The maximum absolute atomic E-state index is 2.46. The van der Waals surface area contributed by atoms with Crippen LogP contribution in [0.4, 0.5) is 0 Å². The smallest absolute Gasteiger partial charge is 0.0355 e. The number of fused-ring (bicyclic) bond motifs is 2. The molecule has 64 valence electrons. The Bertz CT molecular complexity index is 127. The van der Waals surface area contributed by atoms with Crippen LogP contribution in [0.15, 0.2) is 0 Å². The fourth-order valence-electron chi connectivity index (χ4n) is 3.69. The van der Waals surface area contributed by atoms with E-state index in [2.05, 4.69) is 27.7 Å². The molecule has 2 bridgehead atoms. The second-order valence-corrected chi connectivity index (χ2v) is 5.00. The molecular formula is C11H20. The van der Waals surface area contributed by atoms with E-state index in [1.807, 2.05) is 0 Å². The van der Waals surface area contributed by atoms with Gasteiger partial charge in [-0.1, -0.05) is 27.7 Å². The molecule has 0 aromatic heterocycles. The molecule has 2 saturated carbocycles. The Labute approximate surface area is 70.4 Å². The molecule has 4 unspecified atom stereocenters. The first-order valence-corrected chi connectivity index (χ1v) is 5.13. The molecule has 0 radical (unpaired) electrons. The minimum atomic E-state index is 1.01. The van der Waals surface area contributed by atoms with Gasteiger partial charge in [-0.15, -0.1) is 0 Å². The van der Waals surface area contributed by atoms with Crippen molar-refractivity contribution >= 4 is 0 Å². The van der Waals surface area contributed by atoms with Crippen molar-refractivity contribution in [2.24, 2.45) is 35.5 Å². The monoisotopic (exact) mass is 152 g/mol. The zero-order valence-electron chi connectivity index (χ0n) is 8.17. The van der Waals surface area contributed by atoms with E-state index in [1.165, 1.54) is 6.42 Å². The standard InChI is InChI=1S/C11H20/c1-6-7(2)11-5-10(6)8(3)9(11)4/h6-11H,5H2,1-4H3. The van der Waals surface area contributed by atoms with E-state index in [0.29, 0.717) is 0 Å². The van der Waals surface area contributed by atoms with Crippen molar-refractivity contribution in [2.75, 3.05) is 0 Å². The molecule has 0 spiro atoms. The Hall–Kier alpha value is 0. The highest BCUT2D eigenvalue weighted by Gasteiger charge is 2.50. The van der Waals surface area contributed by atoms with E-state index in [0.717, 1.165) is 35.5 Å². The van der Waals surface area contributed by atoms with E-state index >= 15 is 0 Å². The lowest BCUT2D eigenvalue weighted by atomic mass is 9.71. The zero-order chi connectivity index (χ0) is 8.17. The summed E-state index contributed by atoms with van der Waals surface area (Å²) in [5.41, 5.74) is 0. The first-order valence-electron chi connectivity index (χ1n) is 5.13. The molecule has 0 heteroatoms. The van der Waals surface area contributed by atoms with Crippen LogP contribution in [0.2, 0.25) is 0 Å². The molecule has 0 aromatic rings. The molecule has 4 atom stereocenters. The molecule has 2 aliphatic rings. The lowest BCUT2D eigenvalue weighted by Crippen LogP contribution is -2.28. The maximum Gasteiger partial charge on any atom is -0.0355 e. The van der Waals surface area contributed by atoms with Gasteiger partial charge < -0.3 is 0 Å².